The number of hydrogen-bond acceptors (Lipinski definition) is 7. The first-order chi connectivity index (χ1) is 13.2. The van der Waals surface area contributed by atoms with Crippen molar-refractivity contribution in [2.24, 2.45) is 0 Å². The van der Waals surface area contributed by atoms with Crippen molar-refractivity contribution in [3.63, 3.8) is 0 Å². The quantitative estimate of drug-likeness (QED) is 0.847. The van der Waals surface area contributed by atoms with Gasteiger partial charge in [0.2, 0.25) is 0 Å². The van der Waals surface area contributed by atoms with Crippen LogP contribution in [-0.4, -0.2) is 59.6 Å². The van der Waals surface area contributed by atoms with Gasteiger partial charge < -0.3 is 15.1 Å². The van der Waals surface area contributed by atoms with E-state index in [2.05, 4.69) is 31.2 Å². The largest absolute Gasteiger partial charge is 0.356 e. The maximum absolute atomic E-state index is 12.4. The summed E-state index contributed by atoms with van der Waals surface area (Å²) in [6.45, 7) is 5.94. The number of thiophene rings is 1. The summed E-state index contributed by atoms with van der Waals surface area (Å²) in [5.74, 6) is 4.40. The van der Waals surface area contributed by atoms with Crippen LogP contribution in [0.25, 0.3) is 0 Å². The van der Waals surface area contributed by atoms with Crippen LogP contribution in [0.1, 0.15) is 27.4 Å². The number of nitrogens with zero attached hydrogens (tertiary/aromatic N) is 4. The van der Waals surface area contributed by atoms with Gasteiger partial charge in [-0.25, -0.2) is 9.97 Å². The summed E-state index contributed by atoms with van der Waals surface area (Å²) in [5, 5.41) is 3.19. The molecule has 0 radical (unpaired) electrons. The van der Waals surface area contributed by atoms with Crippen LogP contribution in [-0.2, 0) is 0 Å². The highest BCUT2D eigenvalue weighted by Gasteiger charge is 2.23. The molecule has 2 aromatic heterocycles. The molecule has 144 valence electrons. The Kier molecular flexibility index (Phi) is 5.83. The predicted molar refractivity (Wildman–Crippen MR) is 113 cm³/mol. The molecule has 2 saturated heterocycles. The van der Waals surface area contributed by atoms with Gasteiger partial charge in [0.05, 0.1) is 4.88 Å². The molecule has 4 rings (SSSR count). The van der Waals surface area contributed by atoms with Crippen LogP contribution in [0.3, 0.4) is 0 Å². The fourth-order valence-electron chi connectivity index (χ4n) is 3.54. The fraction of sp³-hybridized carbons (Fsp3) is 0.526. The van der Waals surface area contributed by atoms with E-state index in [-0.39, 0.29) is 11.9 Å². The number of aromatic nitrogens is 2. The lowest BCUT2D eigenvalue weighted by Gasteiger charge is -2.34. The first-order valence-corrected chi connectivity index (χ1v) is 11.4. The summed E-state index contributed by atoms with van der Waals surface area (Å²) >= 11 is 3.55. The molecule has 2 fully saturated rings. The molecule has 1 amide bonds. The molecule has 27 heavy (non-hydrogen) atoms. The molecule has 2 aliphatic heterocycles. The van der Waals surface area contributed by atoms with Crippen molar-refractivity contribution in [3.8, 4) is 0 Å². The number of thioether (sulfide) groups is 1. The van der Waals surface area contributed by atoms with E-state index in [4.69, 9.17) is 0 Å². The molecule has 0 atom stereocenters. The van der Waals surface area contributed by atoms with Crippen molar-refractivity contribution in [2.45, 2.75) is 25.8 Å². The molecular weight excluding hydrogens is 378 g/mol. The van der Waals surface area contributed by atoms with E-state index in [9.17, 15) is 4.79 Å². The third kappa shape index (κ3) is 4.55. The number of hydrogen-bond donors (Lipinski definition) is 1. The lowest BCUT2D eigenvalue weighted by atomic mass is 10.0. The van der Waals surface area contributed by atoms with E-state index in [1.165, 1.54) is 4.88 Å². The van der Waals surface area contributed by atoms with Gasteiger partial charge >= 0.3 is 0 Å². The van der Waals surface area contributed by atoms with Crippen LogP contribution >= 0.6 is 23.1 Å². The van der Waals surface area contributed by atoms with Crippen LogP contribution in [0.5, 0.6) is 0 Å². The molecule has 2 aromatic rings. The summed E-state index contributed by atoms with van der Waals surface area (Å²) in [4.78, 5) is 27.9. The zero-order valence-corrected chi connectivity index (χ0v) is 17.2. The lowest BCUT2D eigenvalue weighted by molar-refractivity contribution is 0.0935. The Hall–Kier alpha value is -1.80. The molecule has 0 aliphatic carbocycles. The summed E-state index contributed by atoms with van der Waals surface area (Å²) in [7, 11) is 0. The minimum absolute atomic E-state index is 0.0545. The molecule has 0 saturated carbocycles. The Balaban J connectivity index is 1.33. The zero-order chi connectivity index (χ0) is 18.6. The smallest absolute Gasteiger partial charge is 0.261 e. The Labute approximate surface area is 168 Å². The van der Waals surface area contributed by atoms with Crippen LogP contribution in [0.15, 0.2) is 24.5 Å². The Morgan fingerprint density at radius 3 is 2.37 bits per heavy atom. The van der Waals surface area contributed by atoms with E-state index in [1.54, 1.807) is 17.7 Å². The molecule has 0 bridgehead atoms. The van der Waals surface area contributed by atoms with Crippen molar-refractivity contribution >= 4 is 40.6 Å². The highest BCUT2D eigenvalue weighted by Crippen LogP contribution is 2.23. The summed E-state index contributed by atoms with van der Waals surface area (Å²) in [5.41, 5.74) is 0. The molecule has 8 heteroatoms. The Morgan fingerprint density at radius 2 is 1.74 bits per heavy atom. The number of aryl methyl sites for hydroxylation is 1. The Bertz CT molecular complexity index is 782. The molecule has 0 unspecified atom stereocenters. The van der Waals surface area contributed by atoms with Crippen molar-refractivity contribution in [2.75, 3.05) is 47.5 Å². The number of rotatable bonds is 4. The van der Waals surface area contributed by atoms with Crippen molar-refractivity contribution in [1.29, 1.82) is 0 Å². The average Bonchev–Trinajstić information content (AvgIpc) is 3.16. The monoisotopic (exact) mass is 403 g/mol. The average molecular weight is 404 g/mol. The minimum Gasteiger partial charge on any atom is -0.356 e. The number of amides is 1. The minimum atomic E-state index is 0.0545. The molecule has 1 N–H and O–H groups in total. The van der Waals surface area contributed by atoms with Crippen LogP contribution in [0, 0.1) is 6.92 Å². The van der Waals surface area contributed by atoms with Gasteiger partial charge in [-0.1, -0.05) is 0 Å². The van der Waals surface area contributed by atoms with Gasteiger partial charge in [-0.15, -0.1) is 11.3 Å². The number of nitrogens with one attached hydrogen (secondary N) is 1. The van der Waals surface area contributed by atoms with E-state index < -0.39 is 0 Å². The number of carbonyl (C=O) groups excluding carboxylic acids is 1. The fourth-order valence-corrected chi connectivity index (χ4v) is 5.22. The second-order valence-electron chi connectivity index (χ2n) is 6.98. The maximum atomic E-state index is 12.4. The number of carbonyl (C=O) groups is 1. The first kappa shape index (κ1) is 18.6. The zero-order valence-electron chi connectivity index (χ0n) is 15.6. The van der Waals surface area contributed by atoms with E-state index in [1.807, 2.05) is 30.8 Å². The summed E-state index contributed by atoms with van der Waals surface area (Å²) in [6.07, 6.45) is 3.56. The normalized spacial score (nSPS) is 18.6. The second kappa shape index (κ2) is 8.48. The molecule has 4 heterocycles. The maximum Gasteiger partial charge on any atom is 0.261 e. The van der Waals surface area contributed by atoms with Crippen LogP contribution in [0.2, 0.25) is 0 Å². The number of piperidine rings is 1. The summed E-state index contributed by atoms with van der Waals surface area (Å²) < 4.78 is 0. The predicted octanol–water partition coefficient (Wildman–Crippen LogP) is 2.80. The number of anilines is 2. The third-order valence-electron chi connectivity index (χ3n) is 5.09. The lowest BCUT2D eigenvalue weighted by Crippen LogP contribution is -2.45. The van der Waals surface area contributed by atoms with Gasteiger partial charge in [-0.3, -0.25) is 4.79 Å². The van der Waals surface area contributed by atoms with Crippen molar-refractivity contribution in [3.05, 3.63) is 34.3 Å². The van der Waals surface area contributed by atoms with Gasteiger partial charge in [-0.2, -0.15) is 11.8 Å². The van der Waals surface area contributed by atoms with Gasteiger partial charge in [0.1, 0.15) is 18.0 Å². The van der Waals surface area contributed by atoms with Gasteiger partial charge in [0, 0.05) is 54.7 Å². The van der Waals surface area contributed by atoms with Crippen LogP contribution < -0.4 is 15.1 Å². The topological polar surface area (TPSA) is 61.4 Å². The highest BCUT2D eigenvalue weighted by molar-refractivity contribution is 7.99. The molecule has 6 nitrogen and oxygen atoms in total. The third-order valence-corrected chi connectivity index (χ3v) is 7.03. The second-order valence-corrected chi connectivity index (χ2v) is 9.49. The van der Waals surface area contributed by atoms with Crippen molar-refractivity contribution in [1.82, 2.24) is 15.3 Å². The van der Waals surface area contributed by atoms with E-state index in [0.29, 0.717) is 0 Å². The van der Waals surface area contributed by atoms with Gasteiger partial charge in [0.25, 0.3) is 5.91 Å². The Morgan fingerprint density at radius 1 is 1.07 bits per heavy atom. The summed E-state index contributed by atoms with van der Waals surface area (Å²) in [6, 6.07) is 6.25. The highest BCUT2D eigenvalue weighted by atomic mass is 32.2. The van der Waals surface area contributed by atoms with Gasteiger partial charge in [0.15, 0.2) is 0 Å². The van der Waals surface area contributed by atoms with Crippen LogP contribution in [0.4, 0.5) is 11.6 Å². The molecule has 2 aliphatic rings. The van der Waals surface area contributed by atoms with E-state index in [0.717, 1.165) is 67.0 Å². The first-order valence-electron chi connectivity index (χ1n) is 9.46. The molecule has 0 spiro atoms. The van der Waals surface area contributed by atoms with Crippen molar-refractivity contribution < 1.29 is 4.79 Å². The SMILES string of the molecule is Cc1ccc(C(=O)NC2CCN(c3cc(N4CCSCC4)ncn3)CC2)s1. The molecule has 0 aromatic carbocycles. The van der Waals surface area contributed by atoms with E-state index >= 15 is 0 Å². The van der Waals surface area contributed by atoms with Gasteiger partial charge in [-0.05, 0) is 31.9 Å². The molecular formula is C19H25N5OS2. The standard InChI is InChI=1S/C19H25N5OS2/c1-14-2-3-16(27-14)19(25)22-15-4-6-23(7-5-15)17-12-18(21-13-20-17)24-8-10-26-11-9-24/h2-3,12-13,15H,4-11H2,1H3,(H,22,25).